The van der Waals surface area contributed by atoms with Gasteiger partial charge in [0.05, 0.1) is 6.26 Å². The average Bonchev–Trinajstić information content (AvgIpc) is 2.64. The molecule has 0 N–H and O–H groups in total. The topological polar surface area (TPSA) is 63.7 Å². The maximum absolute atomic E-state index is 13.1. The molecule has 0 saturated heterocycles. The maximum Gasteiger partial charge on any atom is 0.306 e. The van der Waals surface area contributed by atoms with Crippen LogP contribution in [0.2, 0.25) is 0 Å². The third-order valence-electron chi connectivity index (χ3n) is 4.61. The number of hydrogen-bond acceptors (Lipinski definition) is 4. The molecule has 0 radical (unpaired) electrons. The number of nitrogens with zero attached hydrogens (tertiary/aromatic N) is 1. The van der Waals surface area contributed by atoms with Gasteiger partial charge < -0.3 is 9.08 Å². The zero-order valence-corrected chi connectivity index (χ0v) is 18.8. The Balaban J connectivity index is 2.17. The van der Waals surface area contributed by atoms with Gasteiger partial charge in [0.25, 0.3) is 5.91 Å². The van der Waals surface area contributed by atoms with Crippen molar-refractivity contribution in [2.75, 3.05) is 12.8 Å². The molecule has 2 aromatic rings. The van der Waals surface area contributed by atoms with Gasteiger partial charge >= 0.3 is 10.1 Å². The summed E-state index contributed by atoms with van der Waals surface area (Å²) in [6, 6.07) is 14.6. The molecule has 0 bridgehead atoms. The maximum atomic E-state index is 13.1. The second-order valence-corrected chi connectivity index (χ2v) is 9.91. The zero-order valence-electron chi connectivity index (χ0n) is 17.9. The summed E-state index contributed by atoms with van der Waals surface area (Å²) >= 11 is 0. The van der Waals surface area contributed by atoms with Gasteiger partial charge in [0.15, 0.2) is 0 Å². The number of carbonyl (C=O) groups excluding carboxylic acids is 1. The molecule has 0 saturated carbocycles. The average molecular weight is 418 g/mol. The van der Waals surface area contributed by atoms with Gasteiger partial charge in [0.2, 0.25) is 0 Å². The van der Waals surface area contributed by atoms with Gasteiger partial charge in [-0.25, -0.2) is 0 Å². The van der Waals surface area contributed by atoms with Crippen LogP contribution in [-0.4, -0.2) is 32.0 Å². The summed E-state index contributed by atoms with van der Waals surface area (Å²) in [5.41, 5.74) is 2.82. The third kappa shape index (κ3) is 7.20. The fraction of sp³-hybridized carbons (Fsp3) is 0.435. The molecule has 0 unspecified atom stereocenters. The minimum atomic E-state index is -3.55. The molecule has 0 aliphatic carbocycles. The number of carbonyl (C=O) groups is 1. The van der Waals surface area contributed by atoms with Crippen molar-refractivity contribution in [2.45, 2.75) is 52.5 Å². The lowest BCUT2D eigenvalue weighted by Gasteiger charge is -2.24. The van der Waals surface area contributed by atoms with E-state index in [4.69, 9.17) is 4.18 Å². The van der Waals surface area contributed by atoms with E-state index in [1.54, 1.807) is 24.3 Å². The molecule has 0 aliphatic heterocycles. The van der Waals surface area contributed by atoms with Crippen LogP contribution in [0.4, 0.5) is 0 Å². The van der Waals surface area contributed by atoms with Crippen LogP contribution < -0.4 is 4.18 Å². The molecule has 158 valence electrons. The second-order valence-electron chi connectivity index (χ2n) is 8.34. The Hall–Kier alpha value is -2.34. The molecule has 2 aromatic carbocycles. The van der Waals surface area contributed by atoms with Crippen LogP contribution in [0.1, 0.15) is 62.0 Å². The second kappa shape index (κ2) is 9.44. The first kappa shape index (κ1) is 22.9. The Morgan fingerprint density at radius 2 is 1.59 bits per heavy atom. The van der Waals surface area contributed by atoms with Crippen LogP contribution in [0.5, 0.6) is 5.75 Å². The van der Waals surface area contributed by atoms with Gasteiger partial charge in [-0.05, 0) is 47.2 Å². The molecule has 0 fully saturated rings. The zero-order chi connectivity index (χ0) is 21.7. The fourth-order valence-corrected chi connectivity index (χ4v) is 3.40. The van der Waals surface area contributed by atoms with Crippen molar-refractivity contribution in [2.24, 2.45) is 0 Å². The Kier molecular flexibility index (Phi) is 7.47. The number of hydrogen-bond donors (Lipinski definition) is 0. The van der Waals surface area contributed by atoms with Crippen molar-refractivity contribution in [1.82, 2.24) is 4.90 Å². The largest absolute Gasteiger partial charge is 0.383 e. The van der Waals surface area contributed by atoms with Crippen molar-refractivity contribution in [3.05, 3.63) is 65.2 Å². The number of unbranched alkanes of at least 4 members (excludes halogenated alkanes) is 1. The molecule has 0 atom stereocenters. The molecule has 29 heavy (non-hydrogen) atoms. The van der Waals surface area contributed by atoms with E-state index in [9.17, 15) is 13.2 Å². The first-order valence-corrected chi connectivity index (χ1v) is 11.7. The van der Waals surface area contributed by atoms with Crippen LogP contribution in [0.3, 0.4) is 0 Å². The smallest absolute Gasteiger partial charge is 0.306 e. The van der Waals surface area contributed by atoms with E-state index in [-0.39, 0.29) is 17.1 Å². The van der Waals surface area contributed by atoms with E-state index < -0.39 is 10.1 Å². The molecule has 0 aliphatic rings. The molecule has 0 spiro atoms. The van der Waals surface area contributed by atoms with E-state index in [0.29, 0.717) is 18.7 Å². The van der Waals surface area contributed by atoms with Crippen LogP contribution >= 0.6 is 0 Å². The lowest BCUT2D eigenvalue weighted by Crippen LogP contribution is -2.31. The van der Waals surface area contributed by atoms with E-state index in [0.717, 1.165) is 24.7 Å². The van der Waals surface area contributed by atoms with E-state index in [1.807, 2.05) is 29.2 Å². The molecular weight excluding hydrogens is 386 g/mol. The molecule has 0 heterocycles. The van der Waals surface area contributed by atoms with Crippen LogP contribution in [0.15, 0.2) is 48.5 Å². The Morgan fingerprint density at radius 1 is 1.00 bits per heavy atom. The van der Waals surface area contributed by atoms with Crippen molar-refractivity contribution in [3.8, 4) is 5.75 Å². The van der Waals surface area contributed by atoms with Gasteiger partial charge in [0, 0.05) is 18.7 Å². The summed E-state index contributed by atoms with van der Waals surface area (Å²) in [5.74, 6) is 0.260. The van der Waals surface area contributed by atoms with E-state index in [2.05, 4.69) is 27.7 Å². The molecule has 5 nitrogen and oxygen atoms in total. The molecule has 2 rings (SSSR count). The minimum absolute atomic E-state index is 0.00429. The molecule has 0 aromatic heterocycles. The first-order chi connectivity index (χ1) is 13.5. The van der Waals surface area contributed by atoms with Gasteiger partial charge in [-0.1, -0.05) is 58.4 Å². The van der Waals surface area contributed by atoms with Crippen LogP contribution in [0, 0.1) is 0 Å². The molecule has 6 heteroatoms. The highest BCUT2D eigenvalue weighted by Crippen LogP contribution is 2.23. The predicted molar refractivity (Wildman–Crippen MR) is 117 cm³/mol. The van der Waals surface area contributed by atoms with Gasteiger partial charge in [-0.3, -0.25) is 4.79 Å². The van der Waals surface area contributed by atoms with Crippen LogP contribution in [0.25, 0.3) is 0 Å². The Bertz CT molecular complexity index is 911. The van der Waals surface area contributed by atoms with Crippen LogP contribution in [-0.2, 0) is 22.1 Å². The Labute approximate surface area is 174 Å². The third-order valence-corrected chi connectivity index (χ3v) is 5.11. The number of amides is 1. The first-order valence-electron chi connectivity index (χ1n) is 9.88. The van der Waals surface area contributed by atoms with Gasteiger partial charge in [-0.2, -0.15) is 8.42 Å². The van der Waals surface area contributed by atoms with Crippen molar-refractivity contribution < 1.29 is 17.4 Å². The van der Waals surface area contributed by atoms with Crippen molar-refractivity contribution >= 4 is 16.0 Å². The lowest BCUT2D eigenvalue weighted by molar-refractivity contribution is 0.0740. The Morgan fingerprint density at radius 3 is 2.07 bits per heavy atom. The number of rotatable bonds is 8. The van der Waals surface area contributed by atoms with Crippen molar-refractivity contribution in [1.29, 1.82) is 0 Å². The van der Waals surface area contributed by atoms with Gasteiger partial charge in [0.1, 0.15) is 5.75 Å². The van der Waals surface area contributed by atoms with E-state index in [1.165, 1.54) is 5.56 Å². The monoisotopic (exact) mass is 417 g/mol. The highest BCUT2D eigenvalue weighted by atomic mass is 32.2. The van der Waals surface area contributed by atoms with Crippen molar-refractivity contribution in [3.63, 3.8) is 0 Å². The summed E-state index contributed by atoms with van der Waals surface area (Å²) in [4.78, 5) is 14.9. The summed E-state index contributed by atoms with van der Waals surface area (Å²) in [6.07, 6.45) is 2.92. The predicted octanol–water partition coefficient (Wildman–Crippen LogP) is 4.77. The highest BCUT2D eigenvalue weighted by Gasteiger charge is 2.18. The highest BCUT2D eigenvalue weighted by molar-refractivity contribution is 7.86. The van der Waals surface area contributed by atoms with Gasteiger partial charge in [-0.15, -0.1) is 0 Å². The summed E-state index contributed by atoms with van der Waals surface area (Å²) in [5, 5.41) is 0. The number of benzene rings is 2. The quantitative estimate of drug-likeness (QED) is 0.581. The SMILES string of the molecule is CCCCN(Cc1ccc(OS(C)(=O)=O)cc1)C(=O)c1ccc(C(C)(C)C)cc1. The van der Waals surface area contributed by atoms with E-state index >= 15 is 0 Å². The minimum Gasteiger partial charge on any atom is -0.383 e. The molecular formula is C23H31NO4S. The summed E-state index contributed by atoms with van der Waals surface area (Å²) < 4.78 is 27.4. The molecule has 1 amide bonds. The summed E-state index contributed by atoms with van der Waals surface area (Å²) in [6.45, 7) is 9.66. The standard InChI is InChI=1S/C23H31NO4S/c1-6-7-16-24(17-18-8-14-21(15-9-18)28-29(5,26)27)22(25)19-10-12-20(13-11-19)23(2,3)4/h8-15H,6-7,16-17H2,1-5H3. The lowest BCUT2D eigenvalue weighted by atomic mass is 9.86. The fourth-order valence-electron chi connectivity index (χ4n) is 2.94. The summed E-state index contributed by atoms with van der Waals surface area (Å²) in [7, 11) is -3.55. The normalized spacial score (nSPS) is 11.9.